The van der Waals surface area contributed by atoms with E-state index in [1.54, 1.807) is 13.0 Å². The summed E-state index contributed by atoms with van der Waals surface area (Å²) in [6.45, 7) is 1.76. The number of nitrogens with zero attached hydrogens (tertiary/aromatic N) is 3. The van der Waals surface area contributed by atoms with Gasteiger partial charge in [0.05, 0.1) is 29.7 Å². The molecule has 0 fully saturated rings. The van der Waals surface area contributed by atoms with E-state index in [2.05, 4.69) is 20.4 Å². The molecule has 3 heterocycles. The van der Waals surface area contributed by atoms with E-state index >= 15 is 0 Å². The first-order chi connectivity index (χ1) is 13.1. The lowest BCUT2D eigenvalue weighted by molar-refractivity contribution is 0.197. The second kappa shape index (κ2) is 8.69. The summed E-state index contributed by atoms with van der Waals surface area (Å²) < 4.78 is 23.4. The Morgan fingerprint density at radius 3 is 2.93 bits per heavy atom. The van der Waals surface area contributed by atoms with Gasteiger partial charge >= 0.3 is 6.09 Å². The van der Waals surface area contributed by atoms with Crippen molar-refractivity contribution in [3.05, 3.63) is 46.7 Å². The van der Waals surface area contributed by atoms with E-state index < -0.39 is 11.9 Å². The first-order valence-corrected chi connectivity index (χ1v) is 8.96. The molecule has 0 aliphatic carbocycles. The third-order valence-corrected chi connectivity index (χ3v) is 4.59. The molecule has 0 bridgehead atoms. The van der Waals surface area contributed by atoms with Gasteiger partial charge in [-0.05, 0) is 25.5 Å². The minimum atomic E-state index is -0.640. The van der Waals surface area contributed by atoms with Gasteiger partial charge in [0.15, 0.2) is 0 Å². The number of pyridine rings is 1. The molecule has 142 valence electrons. The molecule has 0 saturated carbocycles. The number of amides is 1. The average molecular weight is 392 g/mol. The molecular weight excluding hydrogens is 375 g/mol. The molecule has 3 rings (SSSR count). The standard InChI is InChI=1S/C17H17FN4O4S/c1-10-12(16(22-26-10)13-4-2-11(18)8-20-13)3-5-14-21-9-15(27-14)25-17(24)19-6-7-23/h2,4,8-9,23H,3,5-7H2,1H3,(H,19,24). The highest BCUT2D eigenvalue weighted by Gasteiger charge is 2.17. The van der Waals surface area contributed by atoms with Crippen molar-refractivity contribution in [1.82, 2.24) is 20.4 Å². The maximum absolute atomic E-state index is 13.1. The molecule has 2 N–H and O–H groups in total. The number of aryl methyl sites for hydroxylation is 2. The summed E-state index contributed by atoms with van der Waals surface area (Å²) in [6.07, 6.45) is 3.14. The largest absolute Gasteiger partial charge is 0.413 e. The van der Waals surface area contributed by atoms with Crippen LogP contribution in [0.25, 0.3) is 11.4 Å². The summed E-state index contributed by atoms with van der Waals surface area (Å²) in [7, 11) is 0. The molecule has 3 aromatic heterocycles. The van der Waals surface area contributed by atoms with Gasteiger partial charge in [-0.3, -0.25) is 4.98 Å². The predicted octanol–water partition coefficient (Wildman–Crippen LogP) is 2.51. The minimum Gasteiger partial charge on any atom is -0.397 e. The van der Waals surface area contributed by atoms with Gasteiger partial charge in [0.25, 0.3) is 0 Å². The van der Waals surface area contributed by atoms with Crippen LogP contribution in [0.1, 0.15) is 16.3 Å². The van der Waals surface area contributed by atoms with E-state index in [1.807, 2.05) is 0 Å². The first kappa shape index (κ1) is 18.9. The van der Waals surface area contributed by atoms with E-state index in [-0.39, 0.29) is 13.2 Å². The quantitative estimate of drug-likeness (QED) is 0.636. The zero-order chi connectivity index (χ0) is 19.2. The summed E-state index contributed by atoms with van der Waals surface area (Å²) in [5.74, 6) is 0.242. The summed E-state index contributed by atoms with van der Waals surface area (Å²) in [5.41, 5.74) is 1.98. The Kier molecular flexibility index (Phi) is 6.09. The highest BCUT2D eigenvalue weighted by Crippen LogP contribution is 2.27. The maximum Gasteiger partial charge on any atom is 0.413 e. The summed E-state index contributed by atoms with van der Waals surface area (Å²) in [4.78, 5) is 19.8. The molecule has 0 aliphatic rings. The van der Waals surface area contributed by atoms with Crippen molar-refractivity contribution in [3.63, 3.8) is 0 Å². The van der Waals surface area contributed by atoms with Crippen LogP contribution in [0.2, 0.25) is 0 Å². The van der Waals surface area contributed by atoms with E-state index in [0.717, 1.165) is 16.8 Å². The molecule has 0 radical (unpaired) electrons. The van der Waals surface area contributed by atoms with Gasteiger partial charge in [0, 0.05) is 18.5 Å². The lowest BCUT2D eigenvalue weighted by Gasteiger charge is -2.02. The zero-order valence-corrected chi connectivity index (χ0v) is 15.3. The van der Waals surface area contributed by atoms with Gasteiger partial charge in [0.2, 0.25) is 5.06 Å². The second-order valence-corrected chi connectivity index (χ2v) is 6.62. The topological polar surface area (TPSA) is 110 Å². The predicted molar refractivity (Wildman–Crippen MR) is 95.1 cm³/mol. The smallest absolute Gasteiger partial charge is 0.397 e. The number of aliphatic hydroxyl groups is 1. The van der Waals surface area contributed by atoms with Crippen LogP contribution in [-0.4, -0.2) is 39.5 Å². The number of halogens is 1. The summed E-state index contributed by atoms with van der Waals surface area (Å²) in [5, 5.41) is 16.2. The van der Waals surface area contributed by atoms with Crippen molar-refractivity contribution in [2.24, 2.45) is 0 Å². The molecule has 8 nitrogen and oxygen atoms in total. The Bertz CT molecular complexity index is 910. The first-order valence-electron chi connectivity index (χ1n) is 8.15. The van der Waals surface area contributed by atoms with E-state index in [0.29, 0.717) is 35.1 Å². The molecular formula is C17H17FN4O4S. The number of nitrogens with one attached hydrogen (secondary N) is 1. The maximum atomic E-state index is 13.1. The number of carbonyl (C=O) groups excluding carboxylic acids is 1. The van der Waals surface area contributed by atoms with Crippen molar-refractivity contribution in [2.75, 3.05) is 13.2 Å². The van der Waals surface area contributed by atoms with Crippen molar-refractivity contribution in [3.8, 4) is 16.5 Å². The van der Waals surface area contributed by atoms with Crippen molar-refractivity contribution < 1.29 is 23.6 Å². The van der Waals surface area contributed by atoms with E-state index in [9.17, 15) is 9.18 Å². The zero-order valence-electron chi connectivity index (χ0n) is 14.4. The van der Waals surface area contributed by atoms with Crippen LogP contribution in [0.15, 0.2) is 29.0 Å². The third kappa shape index (κ3) is 4.86. The Balaban J connectivity index is 1.65. The molecule has 0 unspecified atom stereocenters. The van der Waals surface area contributed by atoms with Gasteiger partial charge in [-0.25, -0.2) is 14.2 Å². The van der Waals surface area contributed by atoms with E-state index in [1.165, 1.54) is 23.6 Å². The average Bonchev–Trinajstić information content (AvgIpc) is 3.25. The van der Waals surface area contributed by atoms with Crippen LogP contribution < -0.4 is 10.1 Å². The SMILES string of the molecule is Cc1onc(-c2ccc(F)cn2)c1CCc1ncc(OC(=O)NCCO)s1. The lowest BCUT2D eigenvalue weighted by atomic mass is 10.1. The summed E-state index contributed by atoms with van der Waals surface area (Å²) in [6, 6.07) is 2.87. The van der Waals surface area contributed by atoms with Gasteiger partial charge in [-0.2, -0.15) is 0 Å². The van der Waals surface area contributed by atoms with Crippen LogP contribution in [0.3, 0.4) is 0 Å². The highest BCUT2D eigenvalue weighted by molar-refractivity contribution is 7.13. The second-order valence-electron chi connectivity index (χ2n) is 5.54. The molecule has 0 spiro atoms. The normalized spacial score (nSPS) is 10.8. The van der Waals surface area contributed by atoms with Gasteiger partial charge in [-0.15, -0.1) is 0 Å². The molecule has 0 aliphatic heterocycles. The highest BCUT2D eigenvalue weighted by atomic mass is 32.1. The number of ether oxygens (including phenoxy) is 1. The molecule has 10 heteroatoms. The monoisotopic (exact) mass is 392 g/mol. The third-order valence-electron chi connectivity index (χ3n) is 3.65. The molecule has 0 atom stereocenters. The molecule has 3 aromatic rings. The van der Waals surface area contributed by atoms with Crippen molar-refractivity contribution >= 4 is 17.4 Å². The number of thiazole rings is 1. The number of hydrogen-bond acceptors (Lipinski definition) is 8. The van der Waals surface area contributed by atoms with Crippen LogP contribution in [0.5, 0.6) is 5.06 Å². The fraction of sp³-hybridized carbons (Fsp3) is 0.294. The van der Waals surface area contributed by atoms with Crippen LogP contribution in [0.4, 0.5) is 9.18 Å². The minimum absolute atomic E-state index is 0.122. The van der Waals surface area contributed by atoms with Gasteiger partial charge < -0.3 is 19.7 Å². The lowest BCUT2D eigenvalue weighted by Crippen LogP contribution is -2.29. The summed E-state index contributed by atoms with van der Waals surface area (Å²) >= 11 is 1.25. The Hall–Kier alpha value is -2.85. The van der Waals surface area contributed by atoms with Crippen LogP contribution >= 0.6 is 11.3 Å². The molecule has 1 amide bonds. The molecule has 0 aromatic carbocycles. The van der Waals surface area contributed by atoms with Crippen LogP contribution in [-0.2, 0) is 12.8 Å². The van der Waals surface area contributed by atoms with E-state index in [4.69, 9.17) is 14.4 Å². The van der Waals surface area contributed by atoms with Crippen molar-refractivity contribution in [1.29, 1.82) is 0 Å². The van der Waals surface area contributed by atoms with Crippen molar-refractivity contribution in [2.45, 2.75) is 19.8 Å². The number of carbonyl (C=O) groups is 1. The molecule has 0 saturated heterocycles. The Labute approximate surface area is 158 Å². The fourth-order valence-electron chi connectivity index (χ4n) is 2.38. The number of aromatic nitrogens is 3. The molecule has 27 heavy (non-hydrogen) atoms. The Morgan fingerprint density at radius 1 is 1.33 bits per heavy atom. The number of rotatable bonds is 7. The Morgan fingerprint density at radius 2 is 2.19 bits per heavy atom. The van der Waals surface area contributed by atoms with Gasteiger partial charge in [-0.1, -0.05) is 16.5 Å². The fourth-order valence-corrected chi connectivity index (χ4v) is 3.14. The van der Waals surface area contributed by atoms with Gasteiger partial charge in [0.1, 0.15) is 17.3 Å². The number of aliphatic hydroxyl groups excluding tert-OH is 1. The number of hydrogen-bond donors (Lipinski definition) is 2. The van der Waals surface area contributed by atoms with Crippen LogP contribution in [0, 0.1) is 12.7 Å².